The summed E-state index contributed by atoms with van der Waals surface area (Å²) in [5.41, 5.74) is 7.50. The van der Waals surface area contributed by atoms with E-state index in [2.05, 4.69) is 21.2 Å². The molecular formula is C24H29N5O5. The molecule has 2 N–H and O–H groups in total. The molecule has 10 heteroatoms. The van der Waals surface area contributed by atoms with E-state index < -0.39 is 11.8 Å². The number of amides is 2. The van der Waals surface area contributed by atoms with E-state index in [0.717, 1.165) is 11.3 Å². The van der Waals surface area contributed by atoms with Crippen LogP contribution in [0, 0.1) is 13.8 Å². The average Bonchev–Trinajstić information content (AvgIpc) is 3.20. The second-order valence-electron chi connectivity index (χ2n) is 7.28. The third kappa shape index (κ3) is 5.45. The van der Waals surface area contributed by atoms with E-state index in [1.54, 1.807) is 11.6 Å². The zero-order chi connectivity index (χ0) is 24.7. The Morgan fingerprint density at radius 2 is 1.50 bits per heavy atom. The maximum atomic E-state index is 12.8. The fraction of sp³-hybridized carbons (Fsp3) is 0.333. The number of nitrogens with zero attached hydrogens (tertiary/aromatic N) is 3. The molecule has 10 nitrogen and oxygen atoms in total. The molecule has 0 radical (unpaired) electrons. The molecule has 2 amide bonds. The summed E-state index contributed by atoms with van der Waals surface area (Å²) in [6.45, 7) is 10.4. The molecule has 2 aromatic carbocycles. The molecule has 0 atom stereocenters. The molecule has 0 fully saturated rings. The van der Waals surface area contributed by atoms with Gasteiger partial charge in [0, 0.05) is 5.56 Å². The minimum absolute atomic E-state index is 0.0958. The number of nitrogens with one attached hydrogen (secondary N) is 2. The quantitative estimate of drug-likeness (QED) is 0.464. The molecule has 180 valence electrons. The number of carbonyl (C=O) groups excluding carboxylic acids is 2. The SMILES string of the molecule is CCOc1cc(C(=O)NNC(=O)c2nnn(-c3cccc(C)c3)c2C)cc(OCC)c1OCC. The van der Waals surface area contributed by atoms with Crippen LogP contribution in [0.2, 0.25) is 0 Å². The summed E-state index contributed by atoms with van der Waals surface area (Å²) in [6, 6.07) is 10.7. The maximum absolute atomic E-state index is 12.8. The number of aromatic nitrogens is 3. The van der Waals surface area contributed by atoms with Crippen molar-refractivity contribution in [3.05, 3.63) is 58.9 Å². The van der Waals surface area contributed by atoms with Crippen LogP contribution in [-0.4, -0.2) is 46.6 Å². The first kappa shape index (κ1) is 24.6. The smallest absolute Gasteiger partial charge is 0.292 e. The van der Waals surface area contributed by atoms with Gasteiger partial charge in [0.1, 0.15) is 0 Å². The van der Waals surface area contributed by atoms with Gasteiger partial charge in [0.2, 0.25) is 5.75 Å². The molecule has 0 aliphatic heterocycles. The van der Waals surface area contributed by atoms with Gasteiger partial charge in [0.05, 0.1) is 31.2 Å². The largest absolute Gasteiger partial charge is 0.490 e. The van der Waals surface area contributed by atoms with E-state index in [1.807, 2.05) is 52.0 Å². The molecule has 0 saturated heterocycles. The van der Waals surface area contributed by atoms with Crippen molar-refractivity contribution in [3.8, 4) is 22.9 Å². The summed E-state index contributed by atoms with van der Waals surface area (Å²) < 4.78 is 18.5. The summed E-state index contributed by atoms with van der Waals surface area (Å²) >= 11 is 0. The summed E-state index contributed by atoms with van der Waals surface area (Å²) in [5, 5.41) is 8.05. The maximum Gasteiger partial charge on any atom is 0.292 e. The molecule has 3 aromatic rings. The van der Waals surface area contributed by atoms with Crippen molar-refractivity contribution < 1.29 is 23.8 Å². The van der Waals surface area contributed by atoms with Crippen LogP contribution in [0.3, 0.4) is 0 Å². The Balaban J connectivity index is 1.77. The van der Waals surface area contributed by atoms with Gasteiger partial charge < -0.3 is 14.2 Å². The first-order chi connectivity index (χ1) is 16.4. The Kier molecular flexibility index (Phi) is 8.07. The fourth-order valence-corrected chi connectivity index (χ4v) is 3.31. The predicted molar refractivity (Wildman–Crippen MR) is 126 cm³/mol. The van der Waals surface area contributed by atoms with E-state index in [4.69, 9.17) is 14.2 Å². The molecule has 1 heterocycles. The first-order valence-electron chi connectivity index (χ1n) is 11.1. The van der Waals surface area contributed by atoms with E-state index in [0.29, 0.717) is 42.8 Å². The molecule has 0 bridgehead atoms. The van der Waals surface area contributed by atoms with Crippen molar-refractivity contribution >= 4 is 11.8 Å². The summed E-state index contributed by atoms with van der Waals surface area (Å²) in [4.78, 5) is 25.5. The molecule has 1 aromatic heterocycles. The monoisotopic (exact) mass is 467 g/mol. The second-order valence-corrected chi connectivity index (χ2v) is 7.28. The third-order valence-electron chi connectivity index (χ3n) is 4.82. The molecule has 0 unspecified atom stereocenters. The third-order valence-corrected chi connectivity index (χ3v) is 4.82. The van der Waals surface area contributed by atoms with Crippen molar-refractivity contribution in [2.24, 2.45) is 0 Å². The number of hydrogen-bond donors (Lipinski definition) is 2. The van der Waals surface area contributed by atoms with Crippen LogP contribution < -0.4 is 25.1 Å². The van der Waals surface area contributed by atoms with Crippen molar-refractivity contribution in [2.45, 2.75) is 34.6 Å². The second kappa shape index (κ2) is 11.2. The van der Waals surface area contributed by atoms with Gasteiger partial charge in [0.15, 0.2) is 17.2 Å². The van der Waals surface area contributed by atoms with Gasteiger partial charge in [-0.3, -0.25) is 20.4 Å². The van der Waals surface area contributed by atoms with Crippen molar-refractivity contribution in [1.82, 2.24) is 25.8 Å². The molecule has 0 saturated carbocycles. The molecule has 3 rings (SSSR count). The highest BCUT2D eigenvalue weighted by Gasteiger charge is 2.21. The van der Waals surface area contributed by atoms with Gasteiger partial charge in [-0.1, -0.05) is 17.3 Å². The summed E-state index contributed by atoms with van der Waals surface area (Å²) in [5.74, 6) is 0.0374. The Labute approximate surface area is 198 Å². The van der Waals surface area contributed by atoms with Crippen molar-refractivity contribution in [3.63, 3.8) is 0 Å². The van der Waals surface area contributed by atoms with E-state index >= 15 is 0 Å². The lowest BCUT2D eigenvalue weighted by Crippen LogP contribution is -2.42. The number of carbonyl (C=O) groups is 2. The van der Waals surface area contributed by atoms with Crippen LogP contribution in [0.4, 0.5) is 0 Å². The number of aryl methyl sites for hydroxylation is 1. The van der Waals surface area contributed by atoms with Gasteiger partial charge in [-0.15, -0.1) is 5.10 Å². The van der Waals surface area contributed by atoms with Crippen molar-refractivity contribution in [1.29, 1.82) is 0 Å². The molecular weight excluding hydrogens is 438 g/mol. The predicted octanol–water partition coefficient (Wildman–Crippen LogP) is 3.16. The lowest BCUT2D eigenvalue weighted by Gasteiger charge is -2.17. The molecule has 34 heavy (non-hydrogen) atoms. The van der Waals surface area contributed by atoms with E-state index in [1.165, 1.54) is 12.1 Å². The van der Waals surface area contributed by atoms with Gasteiger partial charge in [-0.2, -0.15) is 0 Å². The highest BCUT2D eigenvalue weighted by molar-refractivity contribution is 5.99. The minimum Gasteiger partial charge on any atom is -0.490 e. The fourth-order valence-electron chi connectivity index (χ4n) is 3.31. The van der Waals surface area contributed by atoms with Crippen molar-refractivity contribution in [2.75, 3.05) is 19.8 Å². The van der Waals surface area contributed by atoms with Crippen LogP contribution in [0.1, 0.15) is 52.9 Å². The Bertz CT molecular complexity index is 1150. The number of ether oxygens (including phenoxy) is 3. The lowest BCUT2D eigenvalue weighted by atomic mass is 10.1. The molecule has 0 aliphatic rings. The summed E-state index contributed by atoms with van der Waals surface area (Å²) in [7, 11) is 0. The number of hydrazine groups is 1. The highest BCUT2D eigenvalue weighted by Crippen LogP contribution is 2.39. The minimum atomic E-state index is -0.592. The van der Waals surface area contributed by atoms with Gasteiger partial charge in [0.25, 0.3) is 11.8 Å². The van der Waals surface area contributed by atoms with Crippen LogP contribution in [-0.2, 0) is 0 Å². The molecule has 0 aliphatic carbocycles. The zero-order valence-electron chi connectivity index (χ0n) is 20.0. The van der Waals surface area contributed by atoms with Gasteiger partial charge in [-0.05, 0) is 64.4 Å². The van der Waals surface area contributed by atoms with Crippen LogP contribution in [0.15, 0.2) is 36.4 Å². The Morgan fingerprint density at radius 1 is 0.882 bits per heavy atom. The summed E-state index contributed by atoms with van der Waals surface area (Å²) in [6.07, 6.45) is 0. The number of hydrogen-bond acceptors (Lipinski definition) is 7. The first-order valence-corrected chi connectivity index (χ1v) is 11.1. The Hall–Kier alpha value is -4.08. The number of rotatable bonds is 9. The van der Waals surface area contributed by atoms with E-state index in [9.17, 15) is 9.59 Å². The Morgan fingerprint density at radius 3 is 2.09 bits per heavy atom. The van der Waals surface area contributed by atoms with Gasteiger partial charge in [-0.25, -0.2) is 4.68 Å². The average molecular weight is 468 g/mol. The van der Waals surface area contributed by atoms with Crippen LogP contribution in [0.25, 0.3) is 5.69 Å². The standard InChI is InChI=1S/C24H29N5O5/c1-6-32-19-13-17(14-20(33-7-2)22(19)34-8-3)23(30)26-27-24(31)21-16(5)29(28-25-21)18-11-9-10-15(4)12-18/h9-14H,6-8H2,1-5H3,(H,26,30)(H,27,31). The number of benzene rings is 2. The normalized spacial score (nSPS) is 10.5. The lowest BCUT2D eigenvalue weighted by molar-refractivity contribution is 0.0843. The van der Waals surface area contributed by atoms with Crippen LogP contribution in [0.5, 0.6) is 17.2 Å². The molecule has 0 spiro atoms. The topological polar surface area (TPSA) is 117 Å². The van der Waals surface area contributed by atoms with E-state index in [-0.39, 0.29) is 11.3 Å². The van der Waals surface area contributed by atoms with Crippen LogP contribution >= 0.6 is 0 Å². The highest BCUT2D eigenvalue weighted by atomic mass is 16.5. The van der Waals surface area contributed by atoms with Gasteiger partial charge >= 0.3 is 0 Å². The zero-order valence-corrected chi connectivity index (χ0v) is 20.0.